The van der Waals surface area contributed by atoms with Gasteiger partial charge in [-0.05, 0) is 31.0 Å². The third-order valence-electron chi connectivity index (χ3n) is 3.40. The van der Waals surface area contributed by atoms with E-state index in [1.54, 1.807) is 31.4 Å². The van der Waals surface area contributed by atoms with Crippen LogP contribution in [0.3, 0.4) is 0 Å². The number of carbonyl (C=O) groups excluding carboxylic acids is 1. The third-order valence-corrected chi connectivity index (χ3v) is 3.64. The second-order valence-electron chi connectivity index (χ2n) is 4.77. The number of hydrogen-bond acceptors (Lipinski definition) is 2. The van der Waals surface area contributed by atoms with Gasteiger partial charge < -0.3 is 15.4 Å². The molecule has 1 fully saturated rings. The van der Waals surface area contributed by atoms with Gasteiger partial charge >= 0.3 is 6.03 Å². The summed E-state index contributed by atoms with van der Waals surface area (Å²) in [4.78, 5) is 11.9. The molecule has 1 aliphatic carbocycles. The lowest BCUT2D eigenvalue weighted by Gasteiger charge is -2.31. The highest BCUT2D eigenvalue weighted by Gasteiger charge is 2.26. The summed E-state index contributed by atoms with van der Waals surface area (Å²) in [6, 6.07) is 6.97. The summed E-state index contributed by atoms with van der Waals surface area (Å²) in [5.41, 5.74) is 0.690. The smallest absolute Gasteiger partial charge is 0.319 e. The van der Waals surface area contributed by atoms with Crippen LogP contribution < -0.4 is 10.6 Å². The van der Waals surface area contributed by atoms with E-state index in [9.17, 15) is 4.79 Å². The number of anilines is 1. The van der Waals surface area contributed by atoms with Gasteiger partial charge in [0.05, 0.1) is 12.1 Å². The van der Waals surface area contributed by atoms with E-state index in [0.29, 0.717) is 10.7 Å². The van der Waals surface area contributed by atoms with Crippen molar-refractivity contribution in [1.82, 2.24) is 5.32 Å². The molecule has 0 aromatic heterocycles. The second kappa shape index (κ2) is 6.78. The van der Waals surface area contributed by atoms with E-state index in [-0.39, 0.29) is 18.2 Å². The highest BCUT2D eigenvalue weighted by Crippen LogP contribution is 2.21. The molecule has 2 N–H and O–H groups in total. The lowest BCUT2D eigenvalue weighted by molar-refractivity contribution is 0.0459. The van der Waals surface area contributed by atoms with Crippen LogP contribution in [0.25, 0.3) is 0 Å². The quantitative estimate of drug-likeness (QED) is 0.892. The standard InChI is InChI=1S/C14H19ClN2O2/c1-19-13-8-3-2-7-12(13)17-14(18)16-11-6-4-5-10(15)9-11/h4-6,9,12-13H,2-3,7-8H2,1H3,(H2,16,17,18). The molecule has 2 unspecified atom stereocenters. The first-order valence-corrected chi connectivity index (χ1v) is 6.92. The first-order valence-electron chi connectivity index (χ1n) is 6.55. The van der Waals surface area contributed by atoms with Gasteiger partial charge in [-0.2, -0.15) is 0 Å². The summed E-state index contributed by atoms with van der Waals surface area (Å²) in [7, 11) is 1.69. The Morgan fingerprint density at radius 3 is 2.89 bits per heavy atom. The average Bonchev–Trinajstić information content (AvgIpc) is 2.39. The van der Waals surface area contributed by atoms with Crippen molar-refractivity contribution in [1.29, 1.82) is 0 Å². The van der Waals surface area contributed by atoms with E-state index in [4.69, 9.17) is 16.3 Å². The summed E-state index contributed by atoms with van der Waals surface area (Å²) < 4.78 is 5.41. The molecule has 104 valence electrons. The summed E-state index contributed by atoms with van der Waals surface area (Å²) in [6.45, 7) is 0. The molecule has 19 heavy (non-hydrogen) atoms. The van der Waals surface area contributed by atoms with Gasteiger partial charge in [0, 0.05) is 17.8 Å². The van der Waals surface area contributed by atoms with Crippen LogP contribution in [0.5, 0.6) is 0 Å². The fourth-order valence-corrected chi connectivity index (χ4v) is 2.64. The topological polar surface area (TPSA) is 50.4 Å². The maximum Gasteiger partial charge on any atom is 0.319 e. The highest BCUT2D eigenvalue weighted by atomic mass is 35.5. The number of benzene rings is 1. The van der Waals surface area contributed by atoms with Crippen LogP contribution in [-0.4, -0.2) is 25.3 Å². The first kappa shape index (κ1) is 14.2. The van der Waals surface area contributed by atoms with Crippen LogP contribution in [0, 0.1) is 0 Å². The molecule has 1 aliphatic rings. The molecule has 1 aromatic rings. The van der Waals surface area contributed by atoms with Crippen LogP contribution in [-0.2, 0) is 4.74 Å². The van der Waals surface area contributed by atoms with Crippen molar-refractivity contribution in [3.05, 3.63) is 29.3 Å². The van der Waals surface area contributed by atoms with Crippen molar-refractivity contribution in [2.45, 2.75) is 37.8 Å². The van der Waals surface area contributed by atoms with Crippen LogP contribution in [0.2, 0.25) is 5.02 Å². The van der Waals surface area contributed by atoms with Crippen LogP contribution in [0.15, 0.2) is 24.3 Å². The van der Waals surface area contributed by atoms with E-state index in [2.05, 4.69) is 10.6 Å². The molecule has 0 saturated heterocycles. The number of amides is 2. The van der Waals surface area contributed by atoms with E-state index < -0.39 is 0 Å². The van der Waals surface area contributed by atoms with Gasteiger partial charge in [0.15, 0.2) is 0 Å². The van der Waals surface area contributed by atoms with Crippen LogP contribution in [0.1, 0.15) is 25.7 Å². The Balaban J connectivity index is 1.90. The maximum atomic E-state index is 11.9. The largest absolute Gasteiger partial charge is 0.379 e. The van der Waals surface area contributed by atoms with Crippen LogP contribution in [0.4, 0.5) is 10.5 Å². The van der Waals surface area contributed by atoms with Gasteiger partial charge in [0.2, 0.25) is 0 Å². The normalized spacial score (nSPS) is 22.8. The Bertz CT molecular complexity index is 439. The maximum absolute atomic E-state index is 11.9. The molecule has 1 aromatic carbocycles. The van der Waals surface area contributed by atoms with E-state index in [1.165, 1.54) is 0 Å². The summed E-state index contributed by atoms with van der Waals surface area (Å²) >= 11 is 5.87. The van der Waals surface area contributed by atoms with Gasteiger partial charge in [-0.3, -0.25) is 0 Å². The molecule has 2 amide bonds. The molecule has 0 heterocycles. The number of rotatable bonds is 3. The van der Waals surface area contributed by atoms with Crippen molar-refractivity contribution in [2.75, 3.05) is 12.4 Å². The van der Waals surface area contributed by atoms with Gasteiger partial charge in [-0.1, -0.05) is 30.5 Å². The molecular formula is C14H19ClN2O2. The monoisotopic (exact) mass is 282 g/mol. The van der Waals surface area contributed by atoms with Gasteiger partial charge in [-0.15, -0.1) is 0 Å². The molecule has 2 rings (SSSR count). The SMILES string of the molecule is COC1CCCCC1NC(=O)Nc1cccc(Cl)c1. The number of urea groups is 1. The number of ether oxygens (including phenoxy) is 1. The zero-order chi connectivity index (χ0) is 13.7. The minimum Gasteiger partial charge on any atom is -0.379 e. The van der Waals surface area contributed by atoms with Crippen molar-refractivity contribution >= 4 is 23.3 Å². The number of carbonyl (C=O) groups is 1. The fraction of sp³-hybridized carbons (Fsp3) is 0.500. The van der Waals surface area contributed by atoms with Crippen molar-refractivity contribution < 1.29 is 9.53 Å². The Labute approximate surface area is 118 Å². The number of halogens is 1. The molecule has 1 saturated carbocycles. The molecular weight excluding hydrogens is 264 g/mol. The van der Waals surface area contributed by atoms with Crippen molar-refractivity contribution in [3.8, 4) is 0 Å². The second-order valence-corrected chi connectivity index (χ2v) is 5.21. The van der Waals surface area contributed by atoms with E-state index >= 15 is 0 Å². The Morgan fingerprint density at radius 1 is 1.37 bits per heavy atom. The lowest BCUT2D eigenvalue weighted by atomic mass is 9.92. The molecule has 0 spiro atoms. The summed E-state index contributed by atoms with van der Waals surface area (Å²) in [5, 5.41) is 6.36. The molecule has 4 nitrogen and oxygen atoms in total. The predicted octanol–water partition coefficient (Wildman–Crippen LogP) is 3.42. The molecule has 0 bridgehead atoms. The Kier molecular flexibility index (Phi) is 5.05. The molecule has 0 aliphatic heterocycles. The minimum atomic E-state index is -0.212. The number of nitrogens with one attached hydrogen (secondary N) is 2. The average molecular weight is 283 g/mol. The summed E-state index contributed by atoms with van der Waals surface area (Å²) in [6.07, 6.45) is 4.35. The zero-order valence-electron chi connectivity index (χ0n) is 11.0. The number of hydrogen-bond donors (Lipinski definition) is 2. The van der Waals surface area contributed by atoms with Gasteiger partial charge in [-0.25, -0.2) is 4.79 Å². The Hall–Kier alpha value is -1.26. The highest BCUT2D eigenvalue weighted by molar-refractivity contribution is 6.30. The predicted molar refractivity (Wildman–Crippen MR) is 76.7 cm³/mol. The van der Waals surface area contributed by atoms with E-state index in [0.717, 1.165) is 25.7 Å². The van der Waals surface area contributed by atoms with Crippen molar-refractivity contribution in [3.63, 3.8) is 0 Å². The number of methoxy groups -OCH3 is 1. The molecule has 0 radical (unpaired) electrons. The van der Waals surface area contributed by atoms with Crippen molar-refractivity contribution in [2.24, 2.45) is 0 Å². The third kappa shape index (κ3) is 4.11. The zero-order valence-corrected chi connectivity index (χ0v) is 11.7. The van der Waals surface area contributed by atoms with Gasteiger partial charge in [0.25, 0.3) is 0 Å². The molecule has 5 heteroatoms. The van der Waals surface area contributed by atoms with Crippen LogP contribution >= 0.6 is 11.6 Å². The molecule has 2 atom stereocenters. The van der Waals surface area contributed by atoms with Gasteiger partial charge in [0.1, 0.15) is 0 Å². The first-order chi connectivity index (χ1) is 9.19. The summed E-state index contributed by atoms with van der Waals surface area (Å²) in [5.74, 6) is 0. The lowest BCUT2D eigenvalue weighted by Crippen LogP contribution is -2.47. The van der Waals surface area contributed by atoms with E-state index in [1.807, 2.05) is 0 Å². The minimum absolute atomic E-state index is 0.0814. The Morgan fingerprint density at radius 2 is 2.16 bits per heavy atom. The fourth-order valence-electron chi connectivity index (χ4n) is 2.45.